The van der Waals surface area contributed by atoms with Gasteiger partial charge in [0, 0.05) is 5.75 Å². The van der Waals surface area contributed by atoms with Gasteiger partial charge in [0.15, 0.2) is 5.12 Å². The highest BCUT2D eigenvalue weighted by Crippen LogP contribution is 2.23. The quantitative estimate of drug-likeness (QED) is 0.493. The predicted octanol–water partition coefficient (Wildman–Crippen LogP) is 2.14. The highest BCUT2D eigenvalue weighted by atomic mass is 32.2. The summed E-state index contributed by atoms with van der Waals surface area (Å²) in [4.78, 5) is 40.9. The number of carbonyl (C=O) groups excluding carboxylic acids is 1. The van der Waals surface area contributed by atoms with Gasteiger partial charge in [-0.25, -0.2) is 0 Å². The largest absolute Gasteiger partial charge is 0.312 e. The first kappa shape index (κ1) is 18.7. The van der Waals surface area contributed by atoms with Crippen LogP contribution in [0.4, 0.5) is 0 Å². The van der Waals surface area contributed by atoms with Gasteiger partial charge in [0.25, 0.3) is 10.2 Å². The van der Waals surface area contributed by atoms with Crippen LogP contribution in [0.25, 0.3) is 0 Å². The first-order chi connectivity index (χ1) is 10.8. The van der Waals surface area contributed by atoms with E-state index >= 15 is 0 Å². The maximum absolute atomic E-state index is 12.1. The van der Waals surface area contributed by atoms with Crippen molar-refractivity contribution in [1.29, 1.82) is 0 Å². The lowest BCUT2D eigenvalue weighted by molar-refractivity contribution is -0.788. The van der Waals surface area contributed by atoms with E-state index in [0.717, 1.165) is 22.9 Å². The molecule has 0 aliphatic rings. The molecule has 0 radical (unpaired) electrons. The summed E-state index contributed by atoms with van der Waals surface area (Å²) in [5, 5.41) is 18.1. The molecule has 0 N–H and O–H groups in total. The molecule has 2 atom stereocenters. The highest BCUT2D eigenvalue weighted by Gasteiger charge is 2.21. The minimum atomic E-state index is -1.20. The Morgan fingerprint density at radius 3 is 2.35 bits per heavy atom. The molecule has 0 bridgehead atoms. The zero-order valence-electron chi connectivity index (χ0n) is 12.5. The van der Waals surface area contributed by atoms with Crippen molar-refractivity contribution in [3.63, 3.8) is 0 Å². The van der Waals surface area contributed by atoms with E-state index in [4.69, 9.17) is 0 Å². The van der Waals surface area contributed by atoms with Crippen molar-refractivity contribution in [3.8, 4) is 0 Å². The Kier molecular flexibility index (Phi) is 7.26. The molecule has 0 aromatic heterocycles. The summed E-state index contributed by atoms with van der Waals surface area (Å²) >= 11 is 0.814. The van der Waals surface area contributed by atoms with E-state index in [0.29, 0.717) is 0 Å². The Labute approximate surface area is 136 Å². The van der Waals surface area contributed by atoms with Gasteiger partial charge in [-0.3, -0.25) is 4.79 Å². The van der Waals surface area contributed by atoms with E-state index in [1.165, 1.54) is 0 Å². The van der Waals surface area contributed by atoms with E-state index in [1.54, 1.807) is 6.92 Å². The molecule has 0 spiro atoms. The van der Waals surface area contributed by atoms with E-state index in [1.807, 2.05) is 31.2 Å². The number of hydrogen-bond acceptors (Lipinski definition) is 8. The average Bonchev–Trinajstić information content (AvgIpc) is 2.49. The van der Waals surface area contributed by atoms with Crippen LogP contribution in [-0.4, -0.2) is 33.8 Å². The summed E-state index contributed by atoms with van der Waals surface area (Å²) in [5.41, 5.74) is 1.89. The standard InChI is InChI=1S/C13H16N2O7S/c1-9-3-5-11(6-4-9)10(2)13(16)23-8-12(22-15(19)20)7-21-14(17)18/h3-6,10,12H,7-8H2,1-2H3. The summed E-state index contributed by atoms with van der Waals surface area (Å²) in [7, 11) is 0. The number of aryl methyl sites for hydroxylation is 1. The molecule has 0 amide bonds. The van der Waals surface area contributed by atoms with Crippen LogP contribution in [0.1, 0.15) is 24.0 Å². The zero-order chi connectivity index (χ0) is 17.4. The summed E-state index contributed by atoms with van der Waals surface area (Å²) in [6.07, 6.45) is -1.20. The van der Waals surface area contributed by atoms with Crippen LogP contribution < -0.4 is 0 Å². The molecule has 1 aromatic rings. The van der Waals surface area contributed by atoms with Gasteiger partial charge < -0.3 is 9.68 Å². The fourth-order valence-corrected chi connectivity index (χ4v) is 2.56. The molecule has 10 heteroatoms. The van der Waals surface area contributed by atoms with Crippen LogP contribution in [0.5, 0.6) is 0 Å². The first-order valence-electron chi connectivity index (χ1n) is 6.61. The number of hydrogen-bond donors (Lipinski definition) is 0. The van der Waals surface area contributed by atoms with E-state index in [-0.39, 0.29) is 10.9 Å². The van der Waals surface area contributed by atoms with Gasteiger partial charge in [0.05, 0.1) is 5.92 Å². The van der Waals surface area contributed by atoms with Crippen molar-refractivity contribution >= 4 is 16.9 Å². The number of nitrogens with zero attached hydrogens (tertiary/aromatic N) is 2. The molecular weight excluding hydrogens is 328 g/mol. The molecule has 23 heavy (non-hydrogen) atoms. The SMILES string of the molecule is Cc1ccc(C(C)C(=O)SCC(CO[N+](=O)[O-])O[N+](=O)[O-])cc1. The summed E-state index contributed by atoms with van der Waals surface area (Å²) in [5.74, 6) is -0.530. The number of carbonyl (C=O) groups is 1. The van der Waals surface area contributed by atoms with Crippen molar-refractivity contribution < 1.29 is 24.6 Å². The zero-order valence-corrected chi connectivity index (χ0v) is 13.4. The van der Waals surface area contributed by atoms with Crippen molar-refractivity contribution in [2.24, 2.45) is 0 Å². The van der Waals surface area contributed by atoms with Gasteiger partial charge in [0.2, 0.25) is 0 Å². The molecule has 9 nitrogen and oxygen atoms in total. The van der Waals surface area contributed by atoms with Crippen molar-refractivity contribution in [2.45, 2.75) is 25.9 Å². The van der Waals surface area contributed by atoms with Gasteiger partial charge in [-0.2, -0.15) is 0 Å². The summed E-state index contributed by atoms with van der Waals surface area (Å²) < 4.78 is 0. The Hall–Kier alpha value is -2.36. The Balaban J connectivity index is 2.57. The lowest BCUT2D eigenvalue weighted by Gasteiger charge is -2.15. The van der Waals surface area contributed by atoms with Crippen LogP contribution in [0.2, 0.25) is 0 Å². The van der Waals surface area contributed by atoms with Crippen LogP contribution in [0.3, 0.4) is 0 Å². The third-order valence-electron chi connectivity index (χ3n) is 2.94. The second kappa shape index (κ2) is 8.93. The Morgan fingerprint density at radius 2 is 1.83 bits per heavy atom. The molecule has 0 aliphatic heterocycles. The number of benzene rings is 1. The van der Waals surface area contributed by atoms with Crippen molar-refractivity contribution in [3.05, 3.63) is 55.6 Å². The fraction of sp³-hybridized carbons (Fsp3) is 0.462. The minimum absolute atomic E-state index is 0.121. The van der Waals surface area contributed by atoms with Gasteiger partial charge in [-0.05, 0) is 12.5 Å². The molecule has 0 saturated heterocycles. The summed E-state index contributed by atoms with van der Waals surface area (Å²) in [6, 6.07) is 7.43. The van der Waals surface area contributed by atoms with Gasteiger partial charge >= 0.3 is 0 Å². The van der Waals surface area contributed by atoms with Gasteiger partial charge in [0.1, 0.15) is 12.7 Å². The Morgan fingerprint density at radius 1 is 1.22 bits per heavy atom. The molecular formula is C13H16N2O7S. The molecule has 0 fully saturated rings. The number of rotatable bonds is 9. The molecule has 0 heterocycles. The lowest BCUT2D eigenvalue weighted by Crippen LogP contribution is -2.27. The second-order valence-electron chi connectivity index (χ2n) is 4.73. The van der Waals surface area contributed by atoms with Gasteiger partial charge in [-0.15, -0.1) is 20.2 Å². The third kappa shape index (κ3) is 6.96. The topological polar surface area (TPSA) is 122 Å². The van der Waals surface area contributed by atoms with Crippen LogP contribution in [0, 0.1) is 27.2 Å². The maximum Gasteiger partial charge on any atom is 0.294 e. The predicted molar refractivity (Wildman–Crippen MR) is 81.9 cm³/mol. The smallest absolute Gasteiger partial charge is 0.294 e. The molecule has 2 unspecified atom stereocenters. The highest BCUT2D eigenvalue weighted by molar-refractivity contribution is 8.13. The van der Waals surface area contributed by atoms with Crippen LogP contribution >= 0.6 is 11.8 Å². The fourth-order valence-electron chi connectivity index (χ4n) is 1.67. The van der Waals surface area contributed by atoms with Crippen molar-refractivity contribution in [1.82, 2.24) is 0 Å². The van der Waals surface area contributed by atoms with Gasteiger partial charge in [-0.1, -0.05) is 48.5 Å². The Bertz CT molecular complexity index is 564. The minimum Gasteiger partial charge on any atom is -0.312 e. The summed E-state index contributed by atoms with van der Waals surface area (Å²) in [6.45, 7) is 3.03. The maximum atomic E-state index is 12.1. The van der Waals surface area contributed by atoms with E-state index in [2.05, 4.69) is 9.68 Å². The molecule has 0 saturated carbocycles. The number of thioether (sulfide) groups is 1. The van der Waals surface area contributed by atoms with Crippen LogP contribution in [-0.2, 0) is 14.5 Å². The lowest BCUT2D eigenvalue weighted by atomic mass is 10.0. The van der Waals surface area contributed by atoms with Crippen molar-refractivity contribution in [2.75, 3.05) is 12.4 Å². The third-order valence-corrected chi connectivity index (χ3v) is 4.12. The molecule has 1 rings (SSSR count). The average molecular weight is 344 g/mol. The van der Waals surface area contributed by atoms with E-state index in [9.17, 15) is 25.0 Å². The second-order valence-corrected chi connectivity index (χ2v) is 5.76. The van der Waals surface area contributed by atoms with E-state index < -0.39 is 28.8 Å². The molecule has 0 aliphatic carbocycles. The van der Waals surface area contributed by atoms with Crippen LogP contribution in [0.15, 0.2) is 24.3 Å². The normalized spacial score (nSPS) is 13.0. The molecule has 1 aromatic carbocycles. The first-order valence-corrected chi connectivity index (χ1v) is 7.59. The molecule has 126 valence electrons. The monoisotopic (exact) mass is 344 g/mol.